The summed E-state index contributed by atoms with van der Waals surface area (Å²) in [6.07, 6.45) is -1.79. The third-order valence-corrected chi connectivity index (χ3v) is 3.86. The van der Waals surface area contributed by atoms with Crippen LogP contribution in [0.1, 0.15) is 25.8 Å². The molecule has 0 spiro atoms. The summed E-state index contributed by atoms with van der Waals surface area (Å²) in [5.41, 5.74) is 0.423. The second kappa shape index (κ2) is 8.46. The lowest BCUT2D eigenvalue weighted by Crippen LogP contribution is -2.27. The normalized spacial score (nSPS) is 12.8. The maximum atomic E-state index is 12.9. The molecule has 0 bridgehead atoms. The van der Waals surface area contributed by atoms with Crippen molar-refractivity contribution >= 4 is 11.7 Å². The van der Waals surface area contributed by atoms with Crippen molar-refractivity contribution in [3.63, 3.8) is 0 Å². The number of hydrogen-bond acceptors (Lipinski definition) is 8. The number of carbonyl (C=O) groups is 1. The van der Waals surface area contributed by atoms with E-state index in [4.69, 9.17) is 13.9 Å². The van der Waals surface area contributed by atoms with Crippen LogP contribution in [0, 0.1) is 15.9 Å². The first kappa shape index (κ1) is 19.9. The van der Waals surface area contributed by atoms with E-state index in [-0.39, 0.29) is 17.5 Å². The molecule has 0 fully saturated rings. The minimum Gasteiger partial charge on any atom is -0.479 e. The molecule has 3 rings (SSSR count). The minimum atomic E-state index is -0.944. The number of hydrogen-bond donors (Lipinski definition) is 0. The van der Waals surface area contributed by atoms with Crippen molar-refractivity contribution in [3.05, 3.63) is 70.4 Å². The van der Waals surface area contributed by atoms with Crippen LogP contribution in [0.15, 0.2) is 52.9 Å². The molecule has 1 aromatic heterocycles. The van der Waals surface area contributed by atoms with Crippen molar-refractivity contribution in [2.75, 3.05) is 0 Å². The Balaban J connectivity index is 1.61. The first-order chi connectivity index (χ1) is 13.8. The number of rotatable bonds is 7. The number of halogens is 1. The summed E-state index contributed by atoms with van der Waals surface area (Å²) in [5, 5.41) is 18.4. The van der Waals surface area contributed by atoms with Gasteiger partial charge < -0.3 is 13.9 Å². The number of esters is 1. The largest absolute Gasteiger partial charge is 0.479 e. The smallest absolute Gasteiger partial charge is 0.347 e. The monoisotopic (exact) mass is 401 g/mol. The van der Waals surface area contributed by atoms with Crippen molar-refractivity contribution < 1.29 is 28.0 Å². The third-order valence-electron chi connectivity index (χ3n) is 3.86. The van der Waals surface area contributed by atoms with Gasteiger partial charge in [-0.1, -0.05) is 0 Å². The van der Waals surface area contributed by atoms with E-state index in [0.717, 1.165) is 0 Å². The number of benzene rings is 2. The topological polar surface area (TPSA) is 118 Å². The first-order valence-electron chi connectivity index (χ1n) is 8.54. The molecule has 0 saturated carbocycles. The van der Waals surface area contributed by atoms with E-state index in [1.54, 1.807) is 6.92 Å². The van der Waals surface area contributed by atoms with Gasteiger partial charge in [0.1, 0.15) is 11.6 Å². The molecular weight excluding hydrogens is 385 g/mol. The zero-order valence-corrected chi connectivity index (χ0v) is 15.4. The molecule has 0 radical (unpaired) electrons. The molecule has 0 saturated heterocycles. The van der Waals surface area contributed by atoms with Gasteiger partial charge in [-0.15, -0.1) is 10.2 Å². The Hall–Kier alpha value is -3.82. The van der Waals surface area contributed by atoms with Gasteiger partial charge in [-0.3, -0.25) is 10.1 Å². The van der Waals surface area contributed by atoms with E-state index < -0.39 is 28.9 Å². The average Bonchev–Trinajstić information content (AvgIpc) is 3.20. The van der Waals surface area contributed by atoms with Crippen LogP contribution in [0.4, 0.5) is 10.1 Å². The van der Waals surface area contributed by atoms with Crippen molar-refractivity contribution in [3.8, 4) is 17.2 Å². The molecule has 0 amide bonds. The number of carbonyl (C=O) groups excluding carboxylic acids is 1. The number of ether oxygens (including phenoxy) is 2. The molecule has 2 aromatic carbocycles. The molecule has 0 aliphatic carbocycles. The molecule has 150 valence electrons. The quantitative estimate of drug-likeness (QED) is 0.333. The van der Waals surface area contributed by atoms with Gasteiger partial charge in [-0.25, -0.2) is 9.18 Å². The fraction of sp³-hybridized carbons (Fsp3) is 0.211. The average molecular weight is 401 g/mol. The van der Waals surface area contributed by atoms with Crippen LogP contribution in [0.25, 0.3) is 11.5 Å². The number of aromatic nitrogens is 2. The van der Waals surface area contributed by atoms with Crippen molar-refractivity contribution in [2.24, 2.45) is 0 Å². The lowest BCUT2D eigenvalue weighted by molar-refractivity contribution is -0.384. The maximum absolute atomic E-state index is 12.9. The van der Waals surface area contributed by atoms with Crippen LogP contribution in [-0.4, -0.2) is 27.2 Å². The van der Waals surface area contributed by atoms with Crippen LogP contribution in [0.3, 0.4) is 0 Å². The van der Waals surface area contributed by atoms with Crippen LogP contribution >= 0.6 is 0 Å². The van der Waals surface area contributed by atoms with Gasteiger partial charge in [0.25, 0.3) is 11.6 Å². The van der Waals surface area contributed by atoms with Crippen molar-refractivity contribution in [1.29, 1.82) is 0 Å². The zero-order chi connectivity index (χ0) is 21.0. The molecular formula is C19H16FN3O6. The Morgan fingerprint density at radius 2 is 1.76 bits per heavy atom. The van der Waals surface area contributed by atoms with Gasteiger partial charge in [0, 0.05) is 17.7 Å². The lowest BCUT2D eigenvalue weighted by Gasteiger charge is -2.16. The van der Waals surface area contributed by atoms with Gasteiger partial charge in [0.15, 0.2) is 12.2 Å². The highest BCUT2D eigenvalue weighted by molar-refractivity contribution is 5.74. The Morgan fingerprint density at radius 1 is 1.10 bits per heavy atom. The SMILES string of the molecule is C[C@H](Oc1ccc(F)cc1)C(=O)O[C@H](C)c1nnc(-c2ccc([N+](=O)[O-])cc2)o1. The van der Waals surface area contributed by atoms with Crippen molar-refractivity contribution in [2.45, 2.75) is 26.1 Å². The summed E-state index contributed by atoms with van der Waals surface area (Å²) in [6, 6.07) is 10.8. The van der Waals surface area contributed by atoms with E-state index in [2.05, 4.69) is 10.2 Å². The molecule has 1 heterocycles. The Kier molecular flexibility index (Phi) is 5.82. The van der Waals surface area contributed by atoms with Crippen LogP contribution in [0.5, 0.6) is 5.75 Å². The minimum absolute atomic E-state index is 0.0562. The van der Waals surface area contributed by atoms with E-state index in [1.807, 2.05) is 0 Å². The summed E-state index contributed by atoms with van der Waals surface area (Å²) in [6.45, 7) is 3.05. The fourth-order valence-electron chi connectivity index (χ4n) is 2.33. The Bertz CT molecular complexity index is 1000. The zero-order valence-electron chi connectivity index (χ0n) is 15.4. The van der Waals surface area contributed by atoms with E-state index in [0.29, 0.717) is 11.3 Å². The summed E-state index contributed by atoms with van der Waals surface area (Å²) in [4.78, 5) is 22.4. The summed E-state index contributed by atoms with van der Waals surface area (Å²) in [7, 11) is 0. The standard InChI is InChI=1S/C19H16FN3O6/c1-11(28-19(24)12(2)27-16-9-5-14(20)6-10-16)17-21-22-18(29-17)13-3-7-15(8-4-13)23(25)26/h3-12H,1-2H3/t11-,12+/m1/s1. The van der Waals surface area contributed by atoms with E-state index in [9.17, 15) is 19.3 Å². The molecule has 29 heavy (non-hydrogen) atoms. The van der Waals surface area contributed by atoms with Crippen molar-refractivity contribution in [1.82, 2.24) is 10.2 Å². The van der Waals surface area contributed by atoms with Crippen LogP contribution in [-0.2, 0) is 9.53 Å². The summed E-state index contributed by atoms with van der Waals surface area (Å²) >= 11 is 0. The molecule has 9 nitrogen and oxygen atoms in total. The Labute approximate surface area is 164 Å². The predicted octanol–water partition coefficient (Wildman–Crippen LogP) is 3.86. The molecule has 0 aliphatic rings. The van der Waals surface area contributed by atoms with Crippen LogP contribution < -0.4 is 4.74 Å². The molecule has 2 atom stereocenters. The molecule has 0 unspecified atom stereocenters. The summed E-state index contributed by atoms with van der Waals surface area (Å²) < 4.78 is 29.1. The first-order valence-corrected chi connectivity index (χ1v) is 8.54. The van der Waals surface area contributed by atoms with Gasteiger partial charge in [0.05, 0.1) is 4.92 Å². The van der Waals surface area contributed by atoms with Gasteiger partial charge in [-0.05, 0) is 50.2 Å². The molecule has 10 heteroatoms. The maximum Gasteiger partial charge on any atom is 0.347 e. The Morgan fingerprint density at radius 3 is 2.38 bits per heavy atom. The number of nitro benzene ring substituents is 1. The fourth-order valence-corrected chi connectivity index (χ4v) is 2.33. The number of nitrogens with zero attached hydrogens (tertiary/aromatic N) is 3. The van der Waals surface area contributed by atoms with Crippen LogP contribution in [0.2, 0.25) is 0 Å². The number of non-ortho nitro benzene ring substituents is 1. The third kappa shape index (κ3) is 4.92. The van der Waals surface area contributed by atoms with Gasteiger partial charge in [0.2, 0.25) is 5.89 Å². The second-order valence-electron chi connectivity index (χ2n) is 6.04. The van der Waals surface area contributed by atoms with Gasteiger partial charge >= 0.3 is 5.97 Å². The summed E-state index contributed by atoms with van der Waals surface area (Å²) in [5.74, 6) is -0.575. The molecule has 0 N–H and O–H groups in total. The second-order valence-corrected chi connectivity index (χ2v) is 6.04. The predicted molar refractivity (Wildman–Crippen MR) is 97.4 cm³/mol. The highest BCUT2D eigenvalue weighted by Gasteiger charge is 2.24. The van der Waals surface area contributed by atoms with E-state index in [1.165, 1.54) is 55.5 Å². The highest BCUT2D eigenvalue weighted by atomic mass is 19.1. The number of nitro groups is 1. The lowest BCUT2D eigenvalue weighted by atomic mass is 10.2. The van der Waals surface area contributed by atoms with Gasteiger partial charge in [-0.2, -0.15) is 0 Å². The molecule has 3 aromatic rings. The van der Waals surface area contributed by atoms with E-state index >= 15 is 0 Å². The molecule has 0 aliphatic heterocycles. The highest BCUT2D eigenvalue weighted by Crippen LogP contribution is 2.24.